The van der Waals surface area contributed by atoms with E-state index in [9.17, 15) is 14.4 Å². The third kappa shape index (κ3) is 9.06. The van der Waals surface area contributed by atoms with Gasteiger partial charge < -0.3 is 20.3 Å². The van der Waals surface area contributed by atoms with E-state index in [4.69, 9.17) is 16.3 Å². The Kier molecular flexibility index (Phi) is 9.93. The lowest BCUT2D eigenvalue weighted by molar-refractivity contribution is -0.130. The maximum absolute atomic E-state index is 12.8. The molecule has 0 saturated heterocycles. The van der Waals surface area contributed by atoms with Crippen molar-refractivity contribution in [2.75, 3.05) is 20.6 Å². The normalized spacial score (nSPS) is 11.9. The van der Waals surface area contributed by atoms with Gasteiger partial charge in [-0.2, -0.15) is 0 Å². The Balaban J connectivity index is 1.92. The summed E-state index contributed by atoms with van der Waals surface area (Å²) in [5.41, 5.74) is 1.88. The summed E-state index contributed by atoms with van der Waals surface area (Å²) in [5.74, 6) is -0.485. The molecule has 2 aromatic carbocycles. The topological polar surface area (TPSA) is 87.7 Å². The van der Waals surface area contributed by atoms with Gasteiger partial charge in [0, 0.05) is 31.2 Å². The quantitative estimate of drug-likeness (QED) is 0.493. The van der Waals surface area contributed by atoms with Crippen LogP contribution >= 0.6 is 11.6 Å². The van der Waals surface area contributed by atoms with Gasteiger partial charge in [0.25, 0.3) is 5.91 Å². The standard InChI is InChI=1S/C26H34ClN3O4/c1-26(2,3)34-25(33)28-17-7-6-8-22(24(32)30(4)5)29-23(31)20-11-9-18(10-12-20)19-13-15-21(27)16-14-19/h9-16,22H,6-8,17H2,1-5H3,(H,28,33)(H,29,31)/t22-/m0/s1. The number of halogens is 1. The minimum absolute atomic E-state index is 0.175. The van der Waals surface area contributed by atoms with Gasteiger partial charge in [-0.05, 0) is 75.4 Å². The predicted octanol–water partition coefficient (Wildman–Crippen LogP) is 4.89. The zero-order valence-corrected chi connectivity index (χ0v) is 21.2. The molecule has 2 aromatic rings. The van der Waals surface area contributed by atoms with Gasteiger partial charge in [-0.15, -0.1) is 0 Å². The molecular formula is C26H34ClN3O4. The number of unbranched alkanes of at least 4 members (excludes halogenated alkanes) is 1. The van der Waals surface area contributed by atoms with Crippen LogP contribution in [0.15, 0.2) is 48.5 Å². The van der Waals surface area contributed by atoms with Crippen molar-refractivity contribution < 1.29 is 19.1 Å². The van der Waals surface area contributed by atoms with Crippen LogP contribution < -0.4 is 10.6 Å². The number of carbonyl (C=O) groups excluding carboxylic acids is 3. The van der Waals surface area contributed by atoms with Gasteiger partial charge in [0.15, 0.2) is 0 Å². The molecule has 3 amide bonds. The van der Waals surface area contributed by atoms with Crippen LogP contribution in [-0.4, -0.2) is 55.1 Å². The van der Waals surface area contributed by atoms with Crippen LogP contribution in [0.25, 0.3) is 11.1 Å². The number of hydrogen-bond acceptors (Lipinski definition) is 4. The minimum Gasteiger partial charge on any atom is -0.444 e. The molecule has 0 aromatic heterocycles. The molecule has 1 atom stereocenters. The van der Waals surface area contributed by atoms with Crippen molar-refractivity contribution in [3.63, 3.8) is 0 Å². The average molecular weight is 488 g/mol. The number of hydrogen-bond donors (Lipinski definition) is 2. The van der Waals surface area contributed by atoms with Crippen molar-refractivity contribution in [1.82, 2.24) is 15.5 Å². The smallest absolute Gasteiger partial charge is 0.407 e. The van der Waals surface area contributed by atoms with Crippen LogP contribution in [0.2, 0.25) is 5.02 Å². The van der Waals surface area contributed by atoms with Gasteiger partial charge in [0.2, 0.25) is 5.91 Å². The molecule has 2 N–H and O–H groups in total. The predicted molar refractivity (Wildman–Crippen MR) is 135 cm³/mol. The largest absolute Gasteiger partial charge is 0.444 e. The summed E-state index contributed by atoms with van der Waals surface area (Å²) in [4.78, 5) is 38.6. The zero-order valence-electron chi connectivity index (χ0n) is 20.5. The van der Waals surface area contributed by atoms with Crippen molar-refractivity contribution in [2.45, 2.75) is 51.7 Å². The third-order valence-electron chi connectivity index (χ3n) is 4.96. The molecule has 34 heavy (non-hydrogen) atoms. The van der Waals surface area contributed by atoms with E-state index in [-0.39, 0.29) is 11.8 Å². The molecule has 0 bridgehead atoms. The Bertz CT molecular complexity index is 967. The molecule has 0 aliphatic heterocycles. The number of amides is 3. The summed E-state index contributed by atoms with van der Waals surface area (Å²) in [6, 6.07) is 14.0. The summed E-state index contributed by atoms with van der Waals surface area (Å²) in [7, 11) is 3.32. The summed E-state index contributed by atoms with van der Waals surface area (Å²) < 4.78 is 5.20. The molecular weight excluding hydrogens is 454 g/mol. The number of nitrogens with one attached hydrogen (secondary N) is 2. The molecule has 0 radical (unpaired) electrons. The highest BCUT2D eigenvalue weighted by Crippen LogP contribution is 2.22. The Labute approximate surface area is 206 Å². The van der Waals surface area contributed by atoms with Gasteiger partial charge in [-0.1, -0.05) is 35.9 Å². The van der Waals surface area contributed by atoms with Gasteiger partial charge in [0.1, 0.15) is 11.6 Å². The van der Waals surface area contributed by atoms with Gasteiger partial charge in [-0.25, -0.2) is 4.79 Å². The van der Waals surface area contributed by atoms with Gasteiger partial charge >= 0.3 is 6.09 Å². The molecule has 0 aliphatic carbocycles. The van der Waals surface area contributed by atoms with Crippen molar-refractivity contribution in [3.8, 4) is 11.1 Å². The fraction of sp³-hybridized carbons (Fsp3) is 0.423. The summed E-state index contributed by atoms with van der Waals surface area (Å²) in [6.45, 7) is 5.84. The Hall–Kier alpha value is -3.06. The van der Waals surface area contributed by atoms with Crippen molar-refractivity contribution in [2.24, 2.45) is 0 Å². The van der Waals surface area contributed by atoms with Crippen molar-refractivity contribution >= 4 is 29.5 Å². The second kappa shape index (κ2) is 12.4. The second-order valence-corrected chi connectivity index (χ2v) is 9.70. The Morgan fingerprint density at radius 1 is 0.941 bits per heavy atom. The van der Waals surface area contributed by atoms with Crippen LogP contribution in [0.4, 0.5) is 4.79 Å². The van der Waals surface area contributed by atoms with E-state index in [1.807, 2.05) is 36.4 Å². The molecule has 2 rings (SSSR count). The summed E-state index contributed by atoms with van der Waals surface area (Å²) in [5, 5.41) is 6.22. The van der Waals surface area contributed by atoms with Crippen LogP contribution in [0, 0.1) is 0 Å². The number of alkyl carbamates (subject to hydrolysis) is 1. The van der Waals surface area contributed by atoms with Gasteiger partial charge in [-0.3, -0.25) is 9.59 Å². The number of nitrogens with zero attached hydrogens (tertiary/aromatic N) is 1. The lowest BCUT2D eigenvalue weighted by atomic mass is 10.0. The first-order chi connectivity index (χ1) is 16.0. The maximum Gasteiger partial charge on any atom is 0.407 e. The molecule has 8 heteroatoms. The first-order valence-electron chi connectivity index (χ1n) is 11.3. The van der Waals surface area contributed by atoms with Gasteiger partial charge in [0.05, 0.1) is 0 Å². The van der Waals surface area contributed by atoms with E-state index in [0.29, 0.717) is 36.4 Å². The van der Waals surface area contributed by atoms with E-state index in [0.717, 1.165) is 11.1 Å². The number of ether oxygens (including phenoxy) is 1. The minimum atomic E-state index is -0.653. The molecule has 0 heterocycles. The fourth-order valence-electron chi connectivity index (χ4n) is 3.25. The fourth-order valence-corrected chi connectivity index (χ4v) is 3.37. The molecule has 0 aliphatic rings. The first kappa shape index (κ1) is 27.2. The zero-order chi connectivity index (χ0) is 25.3. The average Bonchev–Trinajstić information content (AvgIpc) is 2.76. The second-order valence-electron chi connectivity index (χ2n) is 9.27. The monoisotopic (exact) mass is 487 g/mol. The first-order valence-corrected chi connectivity index (χ1v) is 11.7. The number of benzene rings is 2. The van der Waals surface area contributed by atoms with Crippen LogP contribution in [-0.2, 0) is 9.53 Å². The molecule has 0 unspecified atom stereocenters. The molecule has 7 nitrogen and oxygen atoms in total. The van der Waals surface area contributed by atoms with E-state index < -0.39 is 17.7 Å². The number of carbonyl (C=O) groups is 3. The highest BCUT2D eigenvalue weighted by atomic mass is 35.5. The lowest BCUT2D eigenvalue weighted by Gasteiger charge is -2.22. The van der Waals surface area contributed by atoms with Crippen LogP contribution in [0.1, 0.15) is 50.4 Å². The number of rotatable bonds is 9. The van der Waals surface area contributed by atoms with E-state index in [1.54, 1.807) is 47.0 Å². The van der Waals surface area contributed by atoms with Crippen molar-refractivity contribution in [3.05, 3.63) is 59.1 Å². The molecule has 0 fully saturated rings. The van der Waals surface area contributed by atoms with Crippen molar-refractivity contribution in [1.29, 1.82) is 0 Å². The Morgan fingerprint density at radius 3 is 2.03 bits per heavy atom. The van der Waals surface area contributed by atoms with E-state index in [1.165, 1.54) is 4.90 Å². The third-order valence-corrected chi connectivity index (χ3v) is 5.21. The van der Waals surface area contributed by atoms with Crippen LogP contribution in [0.5, 0.6) is 0 Å². The molecule has 184 valence electrons. The van der Waals surface area contributed by atoms with Crippen LogP contribution in [0.3, 0.4) is 0 Å². The molecule has 0 saturated carbocycles. The highest BCUT2D eigenvalue weighted by Gasteiger charge is 2.23. The van der Waals surface area contributed by atoms with E-state index in [2.05, 4.69) is 10.6 Å². The lowest BCUT2D eigenvalue weighted by Crippen LogP contribution is -2.46. The maximum atomic E-state index is 12.8. The highest BCUT2D eigenvalue weighted by molar-refractivity contribution is 6.30. The number of likely N-dealkylation sites (N-methyl/N-ethyl adjacent to an activating group) is 1. The summed E-state index contributed by atoms with van der Waals surface area (Å²) in [6.07, 6.45) is 1.29. The Morgan fingerprint density at radius 2 is 1.50 bits per heavy atom. The van der Waals surface area contributed by atoms with E-state index >= 15 is 0 Å². The summed E-state index contributed by atoms with van der Waals surface area (Å²) >= 11 is 5.94. The SMILES string of the molecule is CN(C)C(=O)[C@H](CCCCNC(=O)OC(C)(C)C)NC(=O)c1ccc(-c2ccc(Cl)cc2)cc1. The molecule has 0 spiro atoms.